The van der Waals surface area contributed by atoms with Crippen LogP contribution in [-0.4, -0.2) is 16.1 Å². The molecule has 0 N–H and O–H groups in total. The molecule has 1 aliphatic rings. The van der Waals surface area contributed by atoms with Crippen LogP contribution in [0, 0.1) is 0 Å². The van der Waals surface area contributed by atoms with Gasteiger partial charge < -0.3 is 9.15 Å². The highest BCUT2D eigenvalue weighted by Gasteiger charge is 2.41. The van der Waals surface area contributed by atoms with Crippen LogP contribution < -0.4 is 10.4 Å². The van der Waals surface area contributed by atoms with Crippen molar-refractivity contribution in [3.63, 3.8) is 0 Å². The second-order valence-electron chi connectivity index (χ2n) is 5.08. The van der Waals surface area contributed by atoms with Crippen LogP contribution in [0.2, 0.25) is 0 Å². The van der Waals surface area contributed by atoms with E-state index in [-0.39, 0.29) is 16.2 Å². The van der Waals surface area contributed by atoms with Crippen LogP contribution in [0.4, 0.5) is 0 Å². The first kappa shape index (κ1) is 16.2. The van der Waals surface area contributed by atoms with Gasteiger partial charge in [0.25, 0.3) is 0 Å². The summed E-state index contributed by atoms with van der Waals surface area (Å²) in [5.74, 6) is 0.285. The Morgan fingerprint density at radius 1 is 1.32 bits per heavy atom. The van der Waals surface area contributed by atoms with Gasteiger partial charge >= 0.3 is 5.63 Å². The Bertz CT molecular complexity index is 825. The molecule has 1 unspecified atom stereocenters. The molecular weight excluding hydrogens is 484 g/mol. The van der Waals surface area contributed by atoms with Gasteiger partial charge in [-0.1, -0.05) is 47.8 Å². The summed E-state index contributed by atoms with van der Waals surface area (Å²) >= 11 is 10.3. The number of benzene rings is 1. The molecule has 0 saturated carbocycles. The van der Waals surface area contributed by atoms with Crippen molar-refractivity contribution in [3.8, 4) is 5.75 Å². The first-order valence-corrected chi connectivity index (χ1v) is 9.07. The minimum Gasteiger partial charge on any atom is -0.497 e. The summed E-state index contributed by atoms with van der Waals surface area (Å²) in [5.41, 5.74) is 0.554. The zero-order valence-corrected chi connectivity index (χ0v) is 16.2. The predicted octanol–water partition coefficient (Wildman–Crippen LogP) is 4.70. The molecule has 1 aromatic carbocycles. The molecule has 1 atom stereocenters. The fourth-order valence-electron chi connectivity index (χ4n) is 2.62. The van der Waals surface area contributed by atoms with Crippen molar-refractivity contribution in [3.05, 3.63) is 39.7 Å². The molecule has 22 heavy (non-hydrogen) atoms. The van der Waals surface area contributed by atoms with Crippen molar-refractivity contribution in [2.45, 2.75) is 20.9 Å². The van der Waals surface area contributed by atoms with Gasteiger partial charge in [-0.15, -0.1) is 0 Å². The molecule has 0 aliphatic heterocycles. The zero-order valence-electron chi connectivity index (χ0n) is 11.5. The summed E-state index contributed by atoms with van der Waals surface area (Å²) in [6, 6.07) is 5.25. The minimum atomic E-state index is -0.938. The van der Waals surface area contributed by atoms with Crippen molar-refractivity contribution >= 4 is 64.5 Å². The molecule has 0 radical (unpaired) electrons. The number of halogens is 3. The van der Waals surface area contributed by atoms with E-state index in [9.17, 15) is 9.59 Å². The van der Waals surface area contributed by atoms with Gasteiger partial charge in [0.2, 0.25) is 0 Å². The third kappa shape index (κ3) is 2.57. The highest BCUT2D eigenvalue weighted by Crippen LogP contribution is 2.46. The fourth-order valence-corrected chi connectivity index (χ4v) is 4.18. The smallest absolute Gasteiger partial charge is 0.347 e. The summed E-state index contributed by atoms with van der Waals surface area (Å²) in [6.45, 7) is 0. The number of hydrogen-bond donors (Lipinski definition) is 0. The van der Waals surface area contributed by atoms with E-state index >= 15 is 0 Å². The maximum Gasteiger partial charge on any atom is 0.347 e. The predicted molar refractivity (Wildman–Crippen MR) is 94.9 cm³/mol. The van der Waals surface area contributed by atoms with E-state index in [0.717, 1.165) is 5.39 Å². The number of ketones is 1. The average molecular weight is 495 g/mol. The molecule has 1 aromatic heterocycles. The van der Waals surface area contributed by atoms with Crippen LogP contribution in [0.3, 0.4) is 0 Å². The second-order valence-corrected chi connectivity index (χ2v) is 9.96. The van der Waals surface area contributed by atoms with Gasteiger partial charge in [-0.05, 0) is 30.5 Å². The van der Waals surface area contributed by atoms with Crippen molar-refractivity contribution in [1.82, 2.24) is 0 Å². The molecule has 0 spiro atoms. The number of hydrogen-bond acceptors (Lipinski definition) is 4. The van der Waals surface area contributed by atoms with Crippen LogP contribution in [0.5, 0.6) is 5.75 Å². The van der Waals surface area contributed by atoms with Gasteiger partial charge in [-0.2, -0.15) is 0 Å². The summed E-state index contributed by atoms with van der Waals surface area (Å²) in [4.78, 5) is 25.0. The Hall–Kier alpha value is -0.660. The van der Waals surface area contributed by atoms with Gasteiger partial charge in [-0.3, -0.25) is 4.79 Å². The van der Waals surface area contributed by atoms with Gasteiger partial charge in [0.15, 0.2) is 5.78 Å². The van der Waals surface area contributed by atoms with E-state index < -0.39 is 8.86 Å². The van der Waals surface area contributed by atoms with Crippen molar-refractivity contribution in [1.29, 1.82) is 0 Å². The first-order valence-electron chi connectivity index (χ1n) is 6.56. The second kappa shape index (κ2) is 5.76. The zero-order chi connectivity index (χ0) is 16.1. The normalized spacial score (nSPS) is 20.5. The molecule has 1 aliphatic carbocycles. The Balaban J connectivity index is 2.39. The van der Waals surface area contributed by atoms with E-state index in [1.165, 1.54) is 0 Å². The first-order chi connectivity index (χ1) is 10.3. The minimum absolute atomic E-state index is 0.0887. The fraction of sp³-hybridized carbons (Fsp3) is 0.333. The van der Waals surface area contributed by atoms with E-state index in [0.29, 0.717) is 29.7 Å². The van der Waals surface area contributed by atoms with Gasteiger partial charge in [0.05, 0.1) is 7.11 Å². The maximum absolute atomic E-state index is 12.7. The van der Waals surface area contributed by atoms with Gasteiger partial charge in [-0.25, -0.2) is 4.79 Å². The van der Waals surface area contributed by atoms with Crippen molar-refractivity contribution in [2.75, 3.05) is 7.11 Å². The Morgan fingerprint density at radius 2 is 2.05 bits per heavy atom. The van der Waals surface area contributed by atoms with E-state index in [1.807, 2.05) is 6.07 Å². The summed E-state index contributed by atoms with van der Waals surface area (Å²) in [7, 11) is 1.55. The van der Waals surface area contributed by atoms with E-state index in [1.54, 1.807) is 19.2 Å². The largest absolute Gasteiger partial charge is 0.497 e. The third-order valence-corrected chi connectivity index (χ3v) is 6.17. The highest BCUT2D eigenvalue weighted by molar-refractivity contribution is 9.26. The number of carbonyl (C=O) groups excluding carboxylic acids is 1. The molecule has 0 saturated heterocycles. The quantitative estimate of drug-likeness (QED) is 0.327. The lowest BCUT2D eigenvalue weighted by Crippen LogP contribution is -2.28. The molecule has 0 amide bonds. The summed E-state index contributed by atoms with van der Waals surface area (Å²) in [5, 5.41) is 0.739. The molecule has 1 heterocycles. The van der Waals surface area contributed by atoms with Crippen LogP contribution in [0.15, 0.2) is 27.4 Å². The molecule has 0 fully saturated rings. The summed E-state index contributed by atoms with van der Waals surface area (Å²) < 4.78 is 9.57. The molecule has 0 bridgehead atoms. The number of rotatable bonds is 1. The lowest BCUT2D eigenvalue weighted by molar-refractivity contribution is 0.0978. The molecule has 116 valence electrons. The van der Waals surface area contributed by atoms with Crippen LogP contribution >= 0.6 is 47.8 Å². The van der Waals surface area contributed by atoms with E-state index in [4.69, 9.17) is 9.15 Å². The Labute approximate surface area is 151 Å². The maximum atomic E-state index is 12.7. The third-order valence-electron chi connectivity index (χ3n) is 3.74. The molecule has 7 heteroatoms. The average Bonchev–Trinajstić information content (AvgIpc) is 2.57. The molecule has 3 rings (SSSR count). The lowest BCUT2D eigenvalue weighted by atomic mass is 10.00. The van der Waals surface area contributed by atoms with E-state index in [2.05, 4.69) is 47.8 Å². The lowest BCUT2D eigenvalue weighted by Gasteiger charge is -2.15. The van der Waals surface area contributed by atoms with Crippen molar-refractivity contribution < 1.29 is 13.9 Å². The highest BCUT2D eigenvalue weighted by atomic mass is 79.9. The molecular formula is C15H11Br3O4. The Kier molecular flexibility index (Phi) is 4.24. The van der Waals surface area contributed by atoms with Crippen LogP contribution in [-0.2, 0) is 0 Å². The standard InChI is InChI=1S/C15H11Br3O4/c1-21-7-2-3-8-10(6-7)22-14(20)12-11(8)9(16)4-5-15(17,18)13(12)19/h2-3,6,9H,4-5H2,1H3. The number of ether oxygens (including phenoxy) is 1. The molecule has 2 aromatic rings. The number of carbonyl (C=O) groups is 1. The molecule has 4 nitrogen and oxygen atoms in total. The SMILES string of the molecule is COc1ccc2c3c(c(=O)oc2c1)C(=O)C(Br)(Br)CCC3Br. The Morgan fingerprint density at radius 3 is 2.73 bits per heavy atom. The number of alkyl halides is 3. The van der Waals surface area contributed by atoms with Gasteiger partial charge in [0.1, 0.15) is 20.1 Å². The van der Waals surface area contributed by atoms with Crippen LogP contribution in [0.25, 0.3) is 11.0 Å². The summed E-state index contributed by atoms with van der Waals surface area (Å²) in [6.07, 6.45) is 1.24. The van der Waals surface area contributed by atoms with Crippen LogP contribution in [0.1, 0.15) is 33.6 Å². The number of fused-ring (bicyclic) bond motifs is 3. The monoisotopic (exact) mass is 492 g/mol. The van der Waals surface area contributed by atoms with Crippen molar-refractivity contribution in [2.24, 2.45) is 0 Å². The van der Waals surface area contributed by atoms with Gasteiger partial charge in [0, 0.05) is 16.3 Å². The number of methoxy groups -OCH3 is 1. The number of Topliss-reactive ketones (excluding diaryl/α,β-unsaturated/α-hetero) is 1. The topological polar surface area (TPSA) is 56.5 Å².